The Morgan fingerprint density at radius 1 is 0.674 bits per heavy atom. The van der Waals surface area contributed by atoms with E-state index in [4.69, 9.17) is 14.2 Å². The Bertz CT molecular complexity index is 901. The molecule has 0 spiro atoms. The van der Waals surface area contributed by atoms with E-state index in [1.54, 1.807) is 0 Å². The van der Waals surface area contributed by atoms with Crippen LogP contribution in [0.4, 0.5) is 0 Å². The molecule has 8 nitrogen and oxygen atoms in total. The third-order valence-electron chi connectivity index (χ3n) is 7.48. The van der Waals surface area contributed by atoms with Crippen LogP contribution in [0.2, 0.25) is 0 Å². The van der Waals surface area contributed by atoms with E-state index in [0.29, 0.717) is 19.3 Å². The normalized spacial score (nSPS) is 13.7. The Morgan fingerprint density at radius 2 is 1.26 bits per heavy atom. The Kier molecular flexibility index (Phi) is 27.9. The van der Waals surface area contributed by atoms with Gasteiger partial charge in [-0.3, -0.25) is 9.59 Å². The van der Waals surface area contributed by atoms with Gasteiger partial charge in [-0.2, -0.15) is 0 Å². The summed E-state index contributed by atoms with van der Waals surface area (Å²) < 4.78 is 17.0. The second-order valence-corrected chi connectivity index (χ2v) is 12.7. The second kappa shape index (κ2) is 29.7. The van der Waals surface area contributed by atoms with Crippen molar-refractivity contribution in [1.29, 1.82) is 0 Å². The largest absolute Gasteiger partial charge is 0.477 e. The van der Waals surface area contributed by atoms with Crippen LogP contribution in [0.3, 0.4) is 0 Å². The lowest BCUT2D eigenvalue weighted by atomic mass is 10.1. The van der Waals surface area contributed by atoms with Crippen molar-refractivity contribution in [2.75, 3.05) is 41.0 Å². The van der Waals surface area contributed by atoms with E-state index in [1.807, 2.05) is 27.2 Å². The smallest absolute Gasteiger partial charge is 0.362 e. The quantitative estimate of drug-likeness (QED) is 0.0361. The maximum absolute atomic E-state index is 12.5. The predicted octanol–water partition coefficient (Wildman–Crippen LogP) is 8.51. The van der Waals surface area contributed by atoms with Crippen LogP contribution in [-0.4, -0.2) is 80.6 Å². The minimum absolute atomic E-state index is 0.0367. The van der Waals surface area contributed by atoms with Crippen molar-refractivity contribution in [3.63, 3.8) is 0 Å². The molecule has 0 fully saturated rings. The van der Waals surface area contributed by atoms with Crippen LogP contribution in [0.25, 0.3) is 0 Å². The summed E-state index contributed by atoms with van der Waals surface area (Å²) in [6.45, 7) is 4.48. The number of hydrogen-bond acceptors (Lipinski definition) is 6. The molecule has 0 aromatic rings. The fourth-order valence-electron chi connectivity index (χ4n) is 4.71. The summed E-state index contributed by atoms with van der Waals surface area (Å²) in [5.74, 6) is -1.57. The third-order valence-corrected chi connectivity index (χ3v) is 7.48. The lowest BCUT2D eigenvalue weighted by molar-refractivity contribution is -0.887. The van der Waals surface area contributed by atoms with Gasteiger partial charge in [-0.15, -0.1) is 0 Å². The summed E-state index contributed by atoms with van der Waals surface area (Å²) in [6.07, 6.45) is 31.8. The number of carboxylic acids is 1. The molecule has 0 aliphatic heterocycles. The number of hydrogen-bond donors (Lipinski definition) is 1. The zero-order valence-corrected chi connectivity index (χ0v) is 29.8. The number of aliphatic carboxylic acids is 1. The van der Waals surface area contributed by atoms with E-state index in [9.17, 15) is 19.5 Å². The van der Waals surface area contributed by atoms with E-state index in [0.717, 1.165) is 64.2 Å². The van der Waals surface area contributed by atoms with Crippen LogP contribution < -0.4 is 0 Å². The predicted molar refractivity (Wildman–Crippen MR) is 188 cm³/mol. The lowest BCUT2D eigenvalue weighted by Crippen LogP contribution is -2.50. The maximum atomic E-state index is 12.5. The standard InChI is InChI=1S/C38H65NO7/c1-6-8-10-12-14-16-17-18-19-20-21-23-24-26-28-36(40)45-33-34(32-44-31-30-35(38(42)43)39(3,4)5)46-37(41)29-27-25-22-15-13-11-9-7-2/h8,10,14,16,18-19,22,25,34-35H,6-7,9,11-13,15,17,20-21,23-24,26-33H2,1-5H3/p+1/b10-8+,16-14+,19-18+,25-22+. The summed E-state index contributed by atoms with van der Waals surface area (Å²) in [5.41, 5.74) is 0. The number of likely N-dealkylation sites (N-methyl/N-ethyl adjacent to an activating group) is 1. The van der Waals surface area contributed by atoms with Gasteiger partial charge in [0.05, 0.1) is 34.4 Å². The molecule has 0 bridgehead atoms. The van der Waals surface area contributed by atoms with E-state index in [2.05, 4.69) is 56.4 Å². The number of carbonyl (C=O) groups is 3. The number of rotatable bonds is 30. The van der Waals surface area contributed by atoms with Crippen molar-refractivity contribution in [3.05, 3.63) is 48.6 Å². The van der Waals surface area contributed by atoms with Crippen LogP contribution in [0, 0.1) is 0 Å². The van der Waals surface area contributed by atoms with Crippen molar-refractivity contribution in [2.45, 2.75) is 135 Å². The fourth-order valence-corrected chi connectivity index (χ4v) is 4.71. The Hall–Kier alpha value is -2.71. The average Bonchev–Trinajstić information content (AvgIpc) is 3.00. The molecule has 0 amide bonds. The molecule has 0 rings (SSSR count). The highest BCUT2D eigenvalue weighted by Gasteiger charge is 2.31. The average molecular weight is 649 g/mol. The number of ether oxygens (including phenoxy) is 3. The van der Waals surface area contributed by atoms with Gasteiger partial charge in [0.2, 0.25) is 0 Å². The summed E-state index contributed by atoms with van der Waals surface area (Å²) in [5, 5.41) is 9.54. The van der Waals surface area contributed by atoms with Crippen molar-refractivity contribution in [3.8, 4) is 0 Å². The van der Waals surface area contributed by atoms with E-state index >= 15 is 0 Å². The number of carboxylic acid groups (broad SMARTS) is 1. The van der Waals surface area contributed by atoms with Gasteiger partial charge in [0, 0.05) is 19.3 Å². The number of unbranched alkanes of at least 4 members (excludes halogenated alkanes) is 8. The minimum atomic E-state index is -0.887. The molecule has 0 aromatic carbocycles. The first-order valence-electron chi connectivity index (χ1n) is 17.7. The van der Waals surface area contributed by atoms with Crippen molar-refractivity contribution < 1.29 is 38.2 Å². The van der Waals surface area contributed by atoms with Crippen LogP contribution in [-0.2, 0) is 28.6 Å². The zero-order chi connectivity index (χ0) is 34.3. The fraction of sp³-hybridized carbons (Fsp3) is 0.711. The van der Waals surface area contributed by atoms with Gasteiger partial charge in [-0.1, -0.05) is 94.6 Å². The SMILES string of the molecule is CC/C=C/C/C=C/C/C=C/CCCCCCC(=O)OCC(COCCC(C(=O)O)[N+](C)(C)C)OC(=O)CC/C=C/CCCCCC. The van der Waals surface area contributed by atoms with Crippen LogP contribution in [0.15, 0.2) is 48.6 Å². The van der Waals surface area contributed by atoms with Crippen LogP contribution in [0.1, 0.15) is 123 Å². The number of esters is 2. The second-order valence-electron chi connectivity index (χ2n) is 12.7. The first-order valence-corrected chi connectivity index (χ1v) is 17.7. The molecule has 0 aliphatic rings. The molecule has 0 saturated heterocycles. The molecular weight excluding hydrogens is 582 g/mol. The zero-order valence-electron chi connectivity index (χ0n) is 29.8. The van der Waals surface area contributed by atoms with Gasteiger partial charge < -0.3 is 23.8 Å². The maximum Gasteiger partial charge on any atom is 0.362 e. The molecule has 0 heterocycles. The number of allylic oxidation sites excluding steroid dienone is 8. The molecule has 0 saturated carbocycles. The number of carbonyl (C=O) groups excluding carboxylic acids is 2. The monoisotopic (exact) mass is 648 g/mol. The summed E-state index contributed by atoms with van der Waals surface area (Å²) in [7, 11) is 5.48. The third kappa shape index (κ3) is 27.6. The molecule has 2 unspecified atom stereocenters. The van der Waals surface area contributed by atoms with E-state index in [-0.39, 0.29) is 42.7 Å². The number of quaternary nitrogens is 1. The van der Waals surface area contributed by atoms with Gasteiger partial charge in [-0.05, 0) is 57.8 Å². The molecule has 0 radical (unpaired) electrons. The topological polar surface area (TPSA) is 99.1 Å². The molecule has 1 N–H and O–H groups in total. The van der Waals surface area contributed by atoms with Gasteiger partial charge in [-0.25, -0.2) is 4.79 Å². The number of nitrogens with zero attached hydrogens (tertiary/aromatic N) is 1. The van der Waals surface area contributed by atoms with Crippen molar-refractivity contribution >= 4 is 17.9 Å². The summed E-state index contributed by atoms with van der Waals surface area (Å²) >= 11 is 0. The van der Waals surface area contributed by atoms with Gasteiger partial charge >= 0.3 is 17.9 Å². The first kappa shape index (κ1) is 43.3. The van der Waals surface area contributed by atoms with Gasteiger partial charge in [0.15, 0.2) is 12.1 Å². The first-order chi connectivity index (χ1) is 22.1. The molecule has 264 valence electrons. The Balaban J connectivity index is 4.50. The molecule has 46 heavy (non-hydrogen) atoms. The molecule has 2 atom stereocenters. The molecule has 8 heteroatoms. The highest BCUT2D eigenvalue weighted by atomic mass is 16.6. The Labute approximate surface area is 280 Å². The highest BCUT2D eigenvalue weighted by Crippen LogP contribution is 2.11. The minimum Gasteiger partial charge on any atom is -0.477 e. The van der Waals surface area contributed by atoms with Crippen molar-refractivity contribution in [2.24, 2.45) is 0 Å². The molecule has 0 aromatic heterocycles. The lowest BCUT2D eigenvalue weighted by Gasteiger charge is -2.31. The van der Waals surface area contributed by atoms with E-state index in [1.165, 1.54) is 19.3 Å². The molecular formula is C38H66NO7+. The van der Waals surface area contributed by atoms with Crippen LogP contribution in [0.5, 0.6) is 0 Å². The summed E-state index contributed by atoms with van der Waals surface area (Å²) in [6, 6.07) is -0.622. The van der Waals surface area contributed by atoms with Crippen LogP contribution >= 0.6 is 0 Å². The Morgan fingerprint density at radius 3 is 1.89 bits per heavy atom. The van der Waals surface area contributed by atoms with Gasteiger partial charge in [0.25, 0.3) is 0 Å². The van der Waals surface area contributed by atoms with Crippen molar-refractivity contribution in [1.82, 2.24) is 0 Å². The summed E-state index contributed by atoms with van der Waals surface area (Å²) in [4.78, 5) is 36.5. The van der Waals surface area contributed by atoms with E-state index < -0.39 is 18.1 Å². The highest BCUT2D eigenvalue weighted by molar-refractivity contribution is 5.72. The van der Waals surface area contributed by atoms with Gasteiger partial charge in [0.1, 0.15) is 6.61 Å². The molecule has 0 aliphatic carbocycles.